The molecule has 0 aliphatic heterocycles. The number of aryl methyl sites for hydroxylation is 1. The first-order valence-electron chi connectivity index (χ1n) is 11.3. The van der Waals surface area contributed by atoms with E-state index in [2.05, 4.69) is 24.8 Å². The fourth-order valence-corrected chi connectivity index (χ4v) is 3.50. The van der Waals surface area contributed by atoms with Crippen molar-refractivity contribution < 1.29 is 31.1 Å². The molecule has 40 heavy (non-hydrogen) atoms. The molecule has 0 bridgehead atoms. The Kier molecular flexibility index (Phi) is 10.2. The normalized spacial score (nSPS) is 11.5. The second-order valence-electron chi connectivity index (χ2n) is 8.04. The van der Waals surface area contributed by atoms with Crippen LogP contribution in [0, 0.1) is 5.82 Å². The lowest BCUT2D eigenvalue weighted by molar-refractivity contribution is -0.138. The molecule has 1 aromatic carbocycles. The molecule has 214 valence electrons. The van der Waals surface area contributed by atoms with Crippen LogP contribution in [0.15, 0.2) is 46.6 Å². The number of anilines is 1. The second-order valence-corrected chi connectivity index (χ2v) is 8.47. The molecule has 0 atom stereocenters. The molecule has 0 unspecified atom stereocenters. The summed E-state index contributed by atoms with van der Waals surface area (Å²) in [6.45, 7) is -2.46. The fraction of sp³-hybridized carbons (Fsp3) is 0.304. The van der Waals surface area contributed by atoms with Gasteiger partial charge in [0, 0.05) is 18.9 Å². The number of halogens is 7. The van der Waals surface area contributed by atoms with Gasteiger partial charge in [-0.25, -0.2) is 24.4 Å². The van der Waals surface area contributed by atoms with E-state index >= 15 is 0 Å². The largest absolute Gasteiger partial charge is 0.423 e. The maximum absolute atomic E-state index is 14.5. The minimum Gasteiger partial charge on any atom is -0.397 e. The summed E-state index contributed by atoms with van der Waals surface area (Å²) in [6, 6.07) is 2.53. The summed E-state index contributed by atoms with van der Waals surface area (Å²) in [4.78, 5) is 35.3. The molecule has 10 nitrogen and oxygen atoms in total. The van der Waals surface area contributed by atoms with Gasteiger partial charge in [-0.1, -0.05) is 11.6 Å². The van der Waals surface area contributed by atoms with Gasteiger partial charge in [0.2, 0.25) is 0 Å². The molecule has 0 saturated heterocycles. The quantitative estimate of drug-likeness (QED) is 0.226. The number of H-pyrrole nitrogens is 1. The number of rotatable bonds is 8. The second kappa shape index (κ2) is 13.3. The molecule has 0 spiro atoms. The van der Waals surface area contributed by atoms with Crippen molar-refractivity contribution in [2.75, 3.05) is 12.3 Å². The number of alkyl halides is 5. The van der Waals surface area contributed by atoms with E-state index in [1.807, 2.05) is 0 Å². The van der Waals surface area contributed by atoms with Crippen LogP contribution in [0.2, 0.25) is 5.02 Å². The van der Waals surface area contributed by atoms with Gasteiger partial charge < -0.3 is 10.5 Å². The van der Waals surface area contributed by atoms with E-state index in [1.54, 1.807) is 5.10 Å². The van der Waals surface area contributed by atoms with E-state index in [-0.39, 0.29) is 28.9 Å². The first kappa shape index (κ1) is 30.5. The van der Waals surface area contributed by atoms with E-state index in [4.69, 9.17) is 17.3 Å². The molecule has 0 aliphatic carbocycles. The molecule has 4 rings (SSSR count). The van der Waals surface area contributed by atoms with Gasteiger partial charge in [-0.3, -0.25) is 14.2 Å². The van der Waals surface area contributed by atoms with Crippen LogP contribution in [0.5, 0.6) is 0 Å². The number of unbranched alkanes of at least 4 members (excludes halogenated alkanes) is 2. The van der Waals surface area contributed by atoms with Crippen LogP contribution in [0.3, 0.4) is 0 Å². The Balaban J connectivity index is 0.000000307. The summed E-state index contributed by atoms with van der Waals surface area (Å²) in [5.74, 6) is -0.503. The van der Waals surface area contributed by atoms with Crippen LogP contribution in [0.1, 0.15) is 24.8 Å². The molecule has 4 aromatic rings. The number of nitrogens with zero attached hydrogens (tertiary/aromatic N) is 5. The SMILES string of the molecule is Nc1cn[nH]c(=O)c1C(F)(F)F.O=c1c2cc(F)c(-c3ncc(Cl)cn3)cc2ncn1CCCCCOC(F)F. The van der Waals surface area contributed by atoms with Gasteiger partial charge >= 0.3 is 12.8 Å². The zero-order valence-corrected chi connectivity index (χ0v) is 21.0. The van der Waals surface area contributed by atoms with Gasteiger partial charge in [0.05, 0.1) is 46.3 Å². The van der Waals surface area contributed by atoms with Gasteiger partial charge in [0.25, 0.3) is 11.1 Å². The van der Waals surface area contributed by atoms with Crippen LogP contribution in [-0.2, 0) is 17.5 Å². The zero-order chi connectivity index (χ0) is 29.4. The van der Waals surface area contributed by atoms with E-state index < -0.39 is 35.4 Å². The standard InChI is InChI=1S/C18H16ClF3N4O2.C5H4F3N3O/c19-11-8-23-16(24-9-11)12-7-15-13(6-14(12)20)17(27)26(10-25-15)4-2-1-3-5-28-18(21)22;6-5(7,8)3-2(9)1-10-11-4(3)12/h6-10,18H,1-5H2;1H,(H3,9,11,12). The third-order valence-corrected chi connectivity index (χ3v) is 5.43. The van der Waals surface area contributed by atoms with Gasteiger partial charge in [0.15, 0.2) is 5.82 Å². The van der Waals surface area contributed by atoms with Crippen LogP contribution in [0.25, 0.3) is 22.3 Å². The molecular weight excluding hydrogens is 572 g/mol. The third kappa shape index (κ3) is 7.98. The molecule has 0 fully saturated rings. The average molecular weight is 592 g/mol. The lowest BCUT2D eigenvalue weighted by Gasteiger charge is -2.08. The predicted molar refractivity (Wildman–Crippen MR) is 132 cm³/mol. The van der Waals surface area contributed by atoms with Gasteiger partial charge in [0.1, 0.15) is 11.4 Å². The number of hydrogen-bond acceptors (Lipinski definition) is 8. The number of benzene rings is 1. The highest BCUT2D eigenvalue weighted by molar-refractivity contribution is 6.30. The van der Waals surface area contributed by atoms with E-state index in [1.165, 1.54) is 29.4 Å². The minimum atomic E-state index is -4.74. The van der Waals surface area contributed by atoms with Crippen LogP contribution >= 0.6 is 11.6 Å². The number of aromatic nitrogens is 6. The summed E-state index contributed by atoms with van der Waals surface area (Å²) >= 11 is 5.74. The van der Waals surface area contributed by atoms with E-state index in [0.29, 0.717) is 36.3 Å². The third-order valence-electron chi connectivity index (χ3n) is 5.23. The molecule has 0 saturated carbocycles. The lowest BCUT2D eigenvalue weighted by Crippen LogP contribution is -2.24. The molecular formula is C23H20ClF6N7O3. The Bertz CT molecular complexity index is 1560. The monoisotopic (exact) mass is 591 g/mol. The number of ether oxygens (including phenoxy) is 1. The minimum absolute atomic E-state index is 0.0384. The Morgan fingerprint density at radius 3 is 2.35 bits per heavy atom. The lowest BCUT2D eigenvalue weighted by atomic mass is 10.1. The molecule has 3 N–H and O–H groups in total. The highest BCUT2D eigenvalue weighted by Crippen LogP contribution is 2.29. The molecule has 3 heterocycles. The summed E-state index contributed by atoms with van der Waals surface area (Å²) < 4.78 is 79.7. The van der Waals surface area contributed by atoms with Crippen molar-refractivity contribution in [1.82, 2.24) is 29.7 Å². The van der Waals surface area contributed by atoms with Crippen LogP contribution in [0.4, 0.5) is 32.0 Å². The number of nitrogens with two attached hydrogens (primary N) is 1. The maximum Gasteiger partial charge on any atom is 0.423 e. The Morgan fingerprint density at radius 1 is 1.05 bits per heavy atom. The fourth-order valence-electron chi connectivity index (χ4n) is 3.40. The van der Waals surface area contributed by atoms with Crippen molar-refractivity contribution in [2.24, 2.45) is 0 Å². The Morgan fingerprint density at radius 2 is 1.75 bits per heavy atom. The smallest absolute Gasteiger partial charge is 0.397 e. The highest BCUT2D eigenvalue weighted by Gasteiger charge is 2.36. The predicted octanol–water partition coefficient (Wildman–Crippen LogP) is 4.43. The van der Waals surface area contributed by atoms with Crippen LogP contribution < -0.4 is 16.9 Å². The number of nitrogen functional groups attached to an aromatic ring is 1. The number of hydrogen-bond donors (Lipinski definition) is 2. The Labute approximate surface area is 225 Å². The van der Waals surface area contributed by atoms with E-state index in [9.17, 15) is 35.9 Å². The van der Waals surface area contributed by atoms with Crippen molar-refractivity contribution in [3.8, 4) is 11.4 Å². The molecule has 0 amide bonds. The van der Waals surface area contributed by atoms with E-state index in [0.717, 1.165) is 12.3 Å². The number of fused-ring (bicyclic) bond motifs is 1. The molecule has 3 aromatic heterocycles. The maximum atomic E-state index is 14.5. The summed E-state index contributed by atoms with van der Waals surface area (Å²) in [6.07, 6.45) is 1.74. The van der Waals surface area contributed by atoms with Crippen molar-refractivity contribution in [1.29, 1.82) is 0 Å². The summed E-state index contributed by atoms with van der Waals surface area (Å²) in [5.41, 5.74) is 1.55. The topological polar surface area (TPSA) is 142 Å². The van der Waals surface area contributed by atoms with Crippen molar-refractivity contribution >= 4 is 28.2 Å². The van der Waals surface area contributed by atoms with Gasteiger partial charge in [-0.2, -0.15) is 27.1 Å². The van der Waals surface area contributed by atoms with Crippen molar-refractivity contribution in [2.45, 2.75) is 38.6 Å². The zero-order valence-electron chi connectivity index (χ0n) is 20.3. The first-order chi connectivity index (χ1) is 18.9. The average Bonchev–Trinajstić information content (AvgIpc) is 2.87. The van der Waals surface area contributed by atoms with Crippen molar-refractivity contribution in [3.63, 3.8) is 0 Å². The molecule has 0 aliphatic rings. The summed E-state index contributed by atoms with van der Waals surface area (Å²) in [7, 11) is 0. The number of nitrogens with one attached hydrogen (secondary N) is 1. The van der Waals surface area contributed by atoms with Crippen LogP contribution in [-0.4, -0.2) is 42.9 Å². The Hall–Kier alpha value is -4.05. The molecule has 17 heteroatoms. The summed E-state index contributed by atoms with van der Waals surface area (Å²) in [5, 5.41) is 5.20. The van der Waals surface area contributed by atoms with Crippen molar-refractivity contribution in [3.05, 3.63) is 74.2 Å². The molecule has 0 radical (unpaired) electrons. The number of aromatic amines is 1. The highest BCUT2D eigenvalue weighted by atomic mass is 35.5. The first-order valence-corrected chi connectivity index (χ1v) is 11.7. The van der Waals surface area contributed by atoms with Gasteiger partial charge in [-0.05, 0) is 31.4 Å². The van der Waals surface area contributed by atoms with Gasteiger partial charge in [-0.15, -0.1) is 0 Å².